The number of hydrogen-bond donors (Lipinski definition) is 0. The highest BCUT2D eigenvalue weighted by molar-refractivity contribution is 6.22. The number of carbonyl (C=O) groups is 3. The van der Waals surface area contributed by atoms with Crippen LogP contribution in [0.1, 0.15) is 60.2 Å². The minimum absolute atomic E-state index is 0.138. The molecule has 25 heavy (non-hydrogen) atoms. The molecule has 0 spiro atoms. The normalized spacial score (nSPS) is 18.8. The molecule has 134 valence electrons. The van der Waals surface area contributed by atoms with Crippen LogP contribution in [0.3, 0.4) is 0 Å². The number of rotatable bonds is 5. The highest BCUT2D eigenvalue weighted by atomic mass is 16.2. The maximum absolute atomic E-state index is 13.1. The van der Waals surface area contributed by atoms with Crippen LogP contribution in [0.5, 0.6) is 0 Å². The third-order valence-corrected chi connectivity index (χ3v) is 5.37. The molecule has 0 N–H and O–H groups in total. The van der Waals surface area contributed by atoms with Crippen LogP contribution in [0.2, 0.25) is 0 Å². The number of imide groups is 1. The van der Waals surface area contributed by atoms with Crippen molar-refractivity contribution < 1.29 is 14.4 Å². The highest BCUT2D eigenvalue weighted by Crippen LogP contribution is 2.29. The van der Waals surface area contributed by atoms with E-state index in [0.717, 1.165) is 12.8 Å². The molecule has 5 nitrogen and oxygen atoms in total. The fraction of sp³-hybridized carbons (Fsp3) is 0.550. The van der Waals surface area contributed by atoms with E-state index in [0.29, 0.717) is 23.6 Å². The third-order valence-electron chi connectivity index (χ3n) is 5.37. The largest absolute Gasteiger partial charge is 0.344 e. The van der Waals surface area contributed by atoms with Gasteiger partial charge in [-0.1, -0.05) is 38.8 Å². The van der Waals surface area contributed by atoms with Gasteiger partial charge in [-0.2, -0.15) is 0 Å². The molecule has 0 radical (unpaired) electrons. The molecule has 0 aromatic heterocycles. The van der Waals surface area contributed by atoms with Crippen LogP contribution in [0.4, 0.5) is 0 Å². The molecule has 1 fully saturated rings. The van der Waals surface area contributed by atoms with Gasteiger partial charge in [0.05, 0.1) is 11.1 Å². The summed E-state index contributed by atoms with van der Waals surface area (Å²) in [5.74, 6) is -0.468. The molecule has 3 rings (SSSR count). The predicted octanol–water partition coefficient (Wildman–Crippen LogP) is 2.96. The zero-order chi connectivity index (χ0) is 18.1. The number of likely N-dealkylation sites (N-methyl/N-ethyl adjacent to an activating group) is 1. The highest BCUT2D eigenvalue weighted by Gasteiger charge is 2.44. The summed E-state index contributed by atoms with van der Waals surface area (Å²) in [5, 5.41) is 0. The van der Waals surface area contributed by atoms with Crippen LogP contribution in [0.15, 0.2) is 24.3 Å². The molecule has 1 aromatic rings. The number of hydrogen-bond acceptors (Lipinski definition) is 3. The van der Waals surface area contributed by atoms with Crippen LogP contribution >= 0.6 is 0 Å². The topological polar surface area (TPSA) is 57.7 Å². The first-order chi connectivity index (χ1) is 11.9. The lowest BCUT2D eigenvalue weighted by Crippen LogP contribution is -2.53. The van der Waals surface area contributed by atoms with E-state index in [4.69, 9.17) is 0 Å². The molecule has 1 heterocycles. The summed E-state index contributed by atoms with van der Waals surface area (Å²) in [6, 6.07) is 6.04. The van der Waals surface area contributed by atoms with E-state index in [1.165, 1.54) is 17.7 Å². The minimum atomic E-state index is -0.751. The van der Waals surface area contributed by atoms with Gasteiger partial charge in [0.25, 0.3) is 11.8 Å². The van der Waals surface area contributed by atoms with Crippen molar-refractivity contribution in [1.82, 2.24) is 9.80 Å². The Morgan fingerprint density at radius 1 is 1.12 bits per heavy atom. The predicted molar refractivity (Wildman–Crippen MR) is 95.2 cm³/mol. The average molecular weight is 342 g/mol. The van der Waals surface area contributed by atoms with Crippen molar-refractivity contribution in [2.24, 2.45) is 11.8 Å². The summed E-state index contributed by atoms with van der Waals surface area (Å²) in [6.45, 7) is 4.47. The van der Waals surface area contributed by atoms with Gasteiger partial charge < -0.3 is 4.90 Å². The summed E-state index contributed by atoms with van der Waals surface area (Å²) in [6.07, 6.45) is 4.74. The van der Waals surface area contributed by atoms with Crippen molar-refractivity contribution in [2.75, 3.05) is 13.6 Å². The van der Waals surface area contributed by atoms with Crippen LogP contribution in [0.25, 0.3) is 0 Å². The van der Waals surface area contributed by atoms with Crippen LogP contribution in [-0.4, -0.2) is 47.2 Å². The summed E-state index contributed by atoms with van der Waals surface area (Å²) in [5.41, 5.74) is 0.786. The van der Waals surface area contributed by atoms with Crippen molar-refractivity contribution in [1.29, 1.82) is 0 Å². The first kappa shape index (κ1) is 17.6. The molecule has 1 unspecified atom stereocenters. The lowest BCUT2D eigenvalue weighted by molar-refractivity contribution is -0.136. The smallest absolute Gasteiger partial charge is 0.262 e. The van der Waals surface area contributed by atoms with Gasteiger partial charge in [-0.05, 0) is 36.8 Å². The van der Waals surface area contributed by atoms with Crippen molar-refractivity contribution in [3.8, 4) is 0 Å². The van der Waals surface area contributed by atoms with Crippen LogP contribution < -0.4 is 0 Å². The Morgan fingerprint density at radius 3 is 2.12 bits per heavy atom. The molecule has 1 aliphatic heterocycles. The molecule has 1 aliphatic carbocycles. The number of carbonyl (C=O) groups excluding carboxylic acids is 3. The van der Waals surface area contributed by atoms with Gasteiger partial charge in [0.15, 0.2) is 0 Å². The third kappa shape index (κ3) is 3.20. The van der Waals surface area contributed by atoms with Gasteiger partial charge in [0, 0.05) is 13.6 Å². The second-order valence-corrected chi connectivity index (χ2v) is 7.58. The first-order valence-corrected chi connectivity index (χ1v) is 9.13. The van der Waals surface area contributed by atoms with Gasteiger partial charge in [-0.15, -0.1) is 0 Å². The number of fused-ring (bicyclic) bond motifs is 1. The van der Waals surface area contributed by atoms with Crippen molar-refractivity contribution in [3.63, 3.8) is 0 Å². The van der Waals surface area contributed by atoms with Crippen molar-refractivity contribution in [3.05, 3.63) is 35.4 Å². The summed E-state index contributed by atoms with van der Waals surface area (Å²) >= 11 is 0. The monoisotopic (exact) mass is 342 g/mol. The molecule has 5 heteroatoms. The molecule has 1 atom stereocenters. The standard InChI is InChI=1S/C20H26N2O3/c1-13(2)17(20(25)21(3)12-14-8-4-5-9-14)22-18(23)15-10-6-7-11-16(15)19(22)24/h6-7,10-11,13-14,17H,4-5,8-9,12H2,1-3H3. The van der Waals surface area contributed by atoms with E-state index in [1.54, 1.807) is 36.2 Å². The zero-order valence-corrected chi connectivity index (χ0v) is 15.2. The van der Waals surface area contributed by atoms with E-state index >= 15 is 0 Å². The quantitative estimate of drug-likeness (QED) is 0.773. The fourth-order valence-electron chi connectivity index (χ4n) is 4.05. The Balaban J connectivity index is 1.83. The molecular weight excluding hydrogens is 316 g/mol. The maximum Gasteiger partial charge on any atom is 0.262 e. The Kier molecular flexibility index (Phi) is 4.93. The van der Waals surface area contributed by atoms with Gasteiger partial charge in [-0.25, -0.2) is 0 Å². The maximum atomic E-state index is 13.1. The lowest BCUT2D eigenvalue weighted by Gasteiger charge is -2.32. The molecule has 1 saturated carbocycles. The van der Waals surface area contributed by atoms with Crippen molar-refractivity contribution >= 4 is 17.7 Å². The van der Waals surface area contributed by atoms with Gasteiger partial charge in [0.1, 0.15) is 6.04 Å². The second-order valence-electron chi connectivity index (χ2n) is 7.58. The molecule has 0 bridgehead atoms. The van der Waals surface area contributed by atoms with Gasteiger partial charge >= 0.3 is 0 Å². The van der Waals surface area contributed by atoms with E-state index in [1.807, 2.05) is 13.8 Å². The van der Waals surface area contributed by atoms with Crippen LogP contribution in [0, 0.1) is 11.8 Å². The Labute approximate surface area is 149 Å². The van der Waals surface area contributed by atoms with Gasteiger partial charge in [0.2, 0.25) is 5.91 Å². The molecule has 0 saturated heterocycles. The second kappa shape index (κ2) is 6.98. The average Bonchev–Trinajstić information content (AvgIpc) is 3.17. The number of nitrogens with zero attached hydrogens (tertiary/aromatic N) is 2. The SMILES string of the molecule is CC(C)C(C(=O)N(C)CC1CCCC1)N1C(=O)c2ccccc2C1=O. The minimum Gasteiger partial charge on any atom is -0.344 e. The Morgan fingerprint density at radius 2 is 1.64 bits per heavy atom. The lowest BCUT2D eigenvalue weighted by atomic mass is 10.00. The zero-order valence-electron chi connectivity index (χ0n) is 15.2. The first-order valence-electron chi connectivity index (χ1n) is 9.13. The van der Waals surface area contributed by atoms with Crippen LogP contribution in [-0.2, 0) is 4.79 Å². The van der Waals surface area contributed by atoms with E-state index in [-0.39, 0.29) is 23.6 Å². The summed E-state index contributed by atoms with van der Waals surface area (Å²) in [7, 11) is 1.79. The molecule has 2 aliphatic rings. The van der Waals surface area contributed by atoms with E-state index in [2.05, 4.69) is 0 Å². The fourth-order valence-corrected chi connectivity index (χ4v) is 4.05. The Bertz CT molecular complexity index is 657. The summed E-state index contributed by atoms with van der Waals surface area (Å²) in [4.78, 5) is 41.5. The Hall–Kier alpha value is -2.17. The van der Waals surface area contributed by atoms with E-state index in [9.17, 15) is 14.4 Å². The number of amides is 3. The summed E-state index contributed by atoms with van der Waals surface area (Å²) < 4.78 is 0. The van der Waals surface area contributed by atoms with Crippen molar-refractivity contribution in [2.45, 2.75) is 45.6 Å². The molecule has 3 amide bonds. The molecular formula is C20H26N2O3. The molecule has 1 aromatic carbocycles. The number of benzene rings is 1. The van der Waals surface area contributed by atoms with Gasteiger partial charge in [-0.3, -0.25) is 19.3 Å². The van der Waals surface area contributed by atoms with E-state index < -0.39 is 6.04 Å².